The van der Waals surface area contributed by atoms with E-state index in [-0.39, 0.29) is 0 Å². The Balaban J connectivity index is 1.19. The molecule has 0 amide bonds. The van der Waals surface area contributed by atoms with E-state index in [0.29, 0.717) is 17.5 Å². The number of aromatic nitrogens is 4. The van der Waals surface area contributed by atoms with Crippen molar-refractivity contribution >= 4 is 65.7 Å². The number of para-hydroxylation sites is 2. The highest BCUT2D eigenvalue weighted by Crippen LogP contribution is 2.44. The molecule has 0 radical (unpaired) electrons. The largest absolute Gasteiger partial charge is 0.454 e. The number of nitrogens with zero attached hydrogens (tertiary/aromatic N) is 4. The Morgan fingerprint density at radius 3 is 1.80 bits per heavy atom. The third-order valence-corrected chi connectivity index (χ3v) is 9.83. The van der Waals surface area contributed by atoms with E-state index in [9.17, 15) is 0 Å². The van der Waals surface area contributed by atoms with Gasteiger partial charge in [0.25, 0.3) is 0 Å². The van der Waals surface area contributed by atoms with Crippen molar-refractivity contribution in [2.75, 3.05) is 0 Å². The van der Waals surface area contributed by atoms with Crippen molar-refractivity contribution < 1.29 is 8.83 Å². The average Bonchev–Trinajstić information content (AvgIpc) is 3.86. The topological polar surface area (TPSA) is 69.9 Å². The molecule has 4 heterocycles. The van der Waals surface area contributed by atoms with E-state index >= 15 is 0 Å². The molecule has 0 aliphatic rings. The van der Waals surface area contributed by atoms with Crippen LogP contribution >= 0.6 is 0 Å². The Hall–Kier alpha value is -7.05. The van der Waals surface area contributed by atoms with Gasteiger partial charge in [-0.2, -0.15) is 0 Å². The Bertz CT molecular complexity index is 3080. The zero-order chi connectivity index (χ0) is 33.5. The molecule has 11 rings (SSSR count). The van der Waals surface area contributed by atoms with Crippen molar-refractivity contribution in [3.63, 3.8) is 0 Å². The van der Waals surface area contributed by atoms with Crippen LogP contribution in [0, 0.1) is 0 Å². The van der Waals surface area contributed by atoms with Gasteiger partial charge in [0.15, 0.2) is 28.6 Å². The van der Waals surface area contributed by atoms with Gasteiger partial charge in [-0.05, 0) is 47.2 Å². The molecular weight excluding hydrogens is 629 g/mol. The summed E-state index contributed by atoms with van der Waals surface area (Å²) in [6.07, 6.45) is 0. The van der Waals surface area contributed by atoms with E-state index in [0.717, 1.165) is 88.1 Å². The maximum absolute atomic E-state index is 6.83. The number of fused-ring (bicyclic) bond motifs is 9. The zero-order valence-corrected chi connectivity index (χ0v) is 27.1. The summed E-state index contributed by atoms with van der Waals surface area (Å²) in [7, 11) is 0. The van der Waals surface area contributed by atoms with Crippen LogP contribution in [-0.2, 0) is 0 Å². The second kappa shape index (κ2) is 10.7. The monoisotopic (exact) mass is 654 g/mol. The van der Waals surface area contributed by atoms with Crippen LogP contribution in [-0.4, -0.2) is 19.5 Å². The van der Waals surface area contributed by atoms with Crippen LogP contribution < -0.4 is 0 Å². The second-order valence-corrected chi connectivity index (χ2v) is 12.8. The van der Waals surface area contributed by atoms with E-state index in [4.69, 9.17) is 23.8 Å². The van der Waals surface area contributed by atoms with Crippen LogP contribution in [0.3, 0.4) is 0 Å². The van der Waals surface area contributed by atoms with Gasteiger partial charge in [-0.15, -0.1) is 0 Å². The number of rotatable bonds is 4. The van der Waals surface area contributed by atoms with Gasteiger partial charge >= 0.3 is 0 Å². The van der Waals surface area contributed by atoms with Crippen molar-refractivity contribution in [3.05, 3.63) is 158 Å². The normalized spacial score (nSPS) is 11.9. The van der Waals surface area contributed by atoms with Gasteiger partial charge in [-0.3, -0.25) is 0 Å². The molecule has 51 heavy (non-hydrogen) atoms. The molecule has 0 bridgehead atoms. The first-order chi connectivity index (χ1) is 25.3. The average molecular weight is 655 g/mol. The molecule has 238 valence electrons. The van der Waals surface area contributed by atoms with Crippen LogP contribution in [0.5, 0.6) is 0 Å². The van der Waals surface area contributed by atoms with E-state index in [1.54, 1.807) is 0 Å². The fourth-order valence-electron chi connectivity index (χ4n) is 7.53. The molecule has 0 N–H and O–H groups in total. The van der Waals surface area contributed by atoms with Gasteiger partial charge < -0.3 is 13.4 Å². The number of hydrogen-bond donors (Lipinski definition) is 0. The van der Waals surface area contributed by atoms with E-state index in [1.807, 2.05) is 72.8 Å². The first-order valence-corrected chi connectivity index (χ1v) is 16.9. The lowest BCUT2D eigenvalue weighted by atomic mass is 10.0. The predicted molar refractivity (Wildman–Crippen MR) is 205 cm³/mol. The van der Waals surface area contributed by atoms with E-state index < -0.39 is 0 Å². The van der Waals surface area contributed by atoms with Gasteiger partial charge in [-0.25, -0.2) is 15.0 Å². The third-order valence-electron chi connectivity index (χ3n) is 9.83. The van der Waals surface area contributed by atoms with Crippen LogP contribution in [0.4, 0.5) is 0 Å². The van der Waals surface area contributed by atoms with Crippen molar-refractivity contribution in [3.8, 4) is 39.9 Å². The lowest BCUT2D eigenvalue weighted by Gasteiger charge is -2.09. The molecule has 0 saturated carbocycles. The van der Waals surface area contributed by atoms with Crippen molar-refractivity contribution in [1.82, 2.24) is 19.5 Å². The van der Waals surface area contributed by atoms with Crippen LogP contribution in [0.2, 0.25) is 0 Å². The lowest BCUT2D eigenvalue weighted by molar-refractivity contribution is 0.666. The van der Waals surface area contributed by atoms with Gasteiger partial charge in [0, 0.05) is 38.2 Å². The minimum absolute atomic E-state index is 0.586. The summed E-state index contributed by atoms with van der Waals surface area (Å²) in [6.45, 7) is 0. The summed E-state index contributed by atoms with van der Waals surface area (Å²) in [4.78, 5) is 15.0. The molecule has 0 saturated heterocycles. The lowest BCUT2D eigenvalue weighted by Crippen LogP contribution is -2.00. The Morgan fingerprint density at radius 2 is 1.04 bits per heavy atom. The van der Waals surface area contributed by atoms with Crippen molar-refractivity contribution in [2.24, 2.45) is 0 Å². The highest BCUT2D eigenvalue weighted by molar-refractivity contribution is 6.20. The molecule has 0 aliphatic carbocycles. The van der Waals surface area contributed by atoms with E-state index in [2.05, 4.69) is 89.5 Å². The number of furan rings is 2. The first kappa shape index (κ1) is 27.9. The fourth-order valence-corrected chi connectivity index (χ4v) is 7.53. The highest BCUT2D eigenvalue weighted by atomic mass is 16.3. The third kappa shape index (κ3) is 4.20. The maximum atomic E-state index is 6.83. The first-order valence-electron chi connectivity index (χ1n) is 16.9. The van der Waals surface area contributed by atoms with Gasteiger partial charge in [0.2, 0.25) is 0 Å². The quantitative estimate of drug-likeness (QED) is 0.189. The van der Waals surface area contributed by atoms with Crippen molar-refractivity contribution in [1.29, 1.82) is 0 Å². The summed E-state index contributed by atoms with van der Waals surface area (Å²) >= 11 is 0. The smallest absolute Gasteiger partial charge is 0.164 e. The summed E-state index contributed by atoms with van der Waals surface area (Å²) in [5, 5.41) is 6.35. The van der Waals surface area contributed by atoms with Crippen LogP contribution in [0.25, 0.3) is 106 Å². The second-order valence-electron chi connectivity index (χ2n) is 12.8. The fraction of sp³-hybridized carbons (Fsp3) is 0. The Morgan fingerprint density at radius 1 is 0.431 bits per heavy atom. The van der Waals surface area contributed by atoms with E-state index in [1.165, 1.54) is 0 Å². The summed E-state index contributed by atoms with van der Waals surface area (Å²) < 4.78 is 15.8. The minimum atomic E-state index is 0.586. The Labute approximate surface area is 290 Å². The molecule has 0 unspecified atom stereocenters. The van der Waals surface area contributed by atoms with Crippen LogP contribution in [0.1, 0.15) is 0 Å². The molecular formula is C45H26N4O2. The molecule has 0 spiro atoms. The molecule has 4 aromatic heterocycles. The molecule has 7 aromatic carbocycles. The summed E-state index contributed by atoms with van der Waals surface area (Å²) in [6, 6.07) is 53.7. The number of benzene rings is 7. The molecule has 0 atom stereocenters. The number of hydrogen-bond acceptors (Lipinski definition) is 5. The predicted octanol–water partition coefficient (Wildman–Crippen LogP) is 11.8. The standard InChI is InChI=1S/C45H26N4O2/c1-3-13-27(14-4-1)43-46-44(28-15-5-2-6-16-28)48-45(47-43)33-21-12-24-37-39(33)32-20-11-23-36(41(32)50-37)49-35-22-10-9-19-31(35)42-40(49)34-25-29-17-7-8-18-30(29)26-38(34)51-42/h1-26H. The van der Waals surface area contributed by atoms with Gasteiger partial charge in [0.05, 0.1) is 11.2 Å². The SMILES string of the molecule is c1ccc(-c2nc(-c3ccccc3)nc(-c3cccc4oc5c(-n6c7ccccc7c7oc8cc9ccccc9cc8c76)cccc5c34)n2)cc1. The molecule has 6 heteroatoms. The van der Waals surface area contributed by atoms with Crippen LogP contribution in [0.15, 0.2) is 167 Å². The molecule has 6 nitrogen and oxygen atoms in total. The van der Waals surface area contributed by atoms with Gasteiger partial charge in [0.1, 0.15) is 16.7 Å². The zero-order valence-electron chi connectivity index (χ0n) is 27.1. The maximum Gasteiger partial charge on any atom is 0.164 e. The molecule has 11 aromatic rings. The highest BCUT2D eigenvalue weighted by Gasteiger charge is 2.24. The molecule has 0 aliphatic heterocycles. The van der Waals surface area contributed by atoms with Crippen molar-refractivity contribution in [2.45, 2.75) is 0 Å². The Kier molecular flexibility index (Phi) is 5.86. The summed E-state index contributed by atoms with van der Waals surface area (Å²) in [5.41, 5.74) is 8.97. The minimum Gasteiger partial charge on any atom is -0.454 e. The molecule has 0 fully saturated rings. The van der Waals surface area contributed by atoms with Gasteiger partial charge in [-0.1, -0.05) is 121 Å². The summed E-state index contributed by atoms with van der Waals surface area (Å²) in [5.74, 6) is 1.82.